The number of halogens is 2. The van der Waals surface area contributed by atoms with Gasteiger partial charge in [-0.3, -0.25) is 14.4 Å². The van der Waals surface area contributed by atoms with Crippen molar-refractivity contribution >= 4 is 68.5 Å². The molecule has 0 radical (unpaired) electrons. The van der Waals surface area contributed by atoms with Gasteiger partial charge in [-0.05, 0) is 85.6 Å². The Balaban J connectivity index is 1.38. The molecule has 35 heavy (non-hydrogen) atoms. The number of nitrogens with one attached hydrogen (secondary N) is 2. The number of anilines is 2. The molecular formula is C26H24BrClN2O4S. The quantitative estimate of drug-likeness (QED) is 0.275. The molecule has 2 amide bonds. The van der Waals surface area contributed by atoms with Gasteiger partial charge in [0.1, 0.15) is 0 Å². The Hall–Kier alpha value is -2.81. The van der Waals surface area contributed by atoms with E-state index in [4.69, 9.17) is 16.3 Å². The Kier molecular flexibility index (Phi) is 9.77. The highest BCUT2D eigenvalue weighted by Gasteiger charge is 2.13. The van der Waals surface area contributed by atoms with Crippen LogP contribution >= 0.6 is 39.3 Å². The van der Waals surface area contributed by atoms with Crippen LogP contribution in [0.3, 0.4) is 0 Å². The second-order valence-corrected chi connectivity index (χ2v) is 10.1. The molecule has 0 atom stereocenters. The Morgan fingerprint density at radius 3 is 2.11 bits per heavy atom. The Morgan fingerprint density at radius 2 is 1.46 bits per heavy atom. The van der Waals surface area contributed by atoms with Crippen molar-refractivity contribution in [1.29, 1.82) is 0 Å². The lowest BCUT2D eigenvalue weighted by molar-refractivity contribution is -0.147. The van der Waals surface area contributed by atoms with Crippen molar-refractivity contribution in [3.8, 4) is 0 Å². The van der Waals surface area contributed by atoms with E-state index in [9.17, 15) is 14.4 Å². The van der Waals surface area contributed by atoms with E-state index in [0.29, 0.717) is 16.4 Å². The van der Waals surface area contributed by atoms with Crippen LogP contribution in [0.15, 0.2) is 74.9 Å². The van der Waals surface area contributed by atoms with E-state index in [1.54, 1.807) is 30.0 Å². The van der Waals surface area contributed by atoms with Crippen molar-refractivity contribution in [2.45, 2.75) is 36.5 Å². The van der Waals surface area contributed by atoms with Gasteiger partial charge in [-0.1, -0.05) is 39.3 Å². The third-order valence-corrected chi connectivity index (χ3v) is 7.23. The normalized spacial score (nSPS) is 10.5. The maximum atomic E-state index is 12.2. The van der Waals surface area contributed by atoms with Gasteiger partial charge in [0.15, 0.2) is 6.61 Å². The first-order chi connectivity index (χ1) is 16.7. The maximum Gasteiger partial charge on any atom is 0.306 e. The highest BCUT2D eigenvalue weighted by Crippen LogP contribution is 2.29. The van der Waals surface area contributed by atoms with E-state index >= 15 is 0 Å². The van der Waals surface area contributed by atoms with Gasteiger partial charge in [-0.2, -0.15) is 0 Å². The van der Waals surface area contributed by atoms with Crippen molar-refractivity contribution in [3.05, 3.63) is 81.3 Å². The molecule has 2 N–H and O–H groups in total. The minimum Gasteiger partial charge on any atom is -0.456 e. The molecule has 0 fully saturated rings. The summed E-state index contributed by atoms with van der Waals surface area (Å²) in [5.41, 5.74) is 3.22. The molecule has 0 unspecified atom stereocenters. The minimum atomic E-state index is -0.617. The van der Waals surface area contributed by atoms with E-state index in [1.165, 1.54) is 0 Å². The number of amides is 2. The number of hydrogen-bond donors (Lipinski definition) is 2. The summed E-state index contributed by atoms with van der Waals surface area (Å²) in [5.74, 6) is -1.37. The zero-order chi connectivity index (χ0) is 25.4. The molecule has 6 nitrogen and oxygen atoms in total. The number of benzene rings is 3. The summed E-state index contributed by atoms with van der Waals surface area (Å²) in [7, 11) is 0. The molecule has 0 heterocycles. The van der Waals surface area contributed by atoms with Gasteiger partial charge in [-0.15, -0.1) is 0 Å². The van der Waals surface area contributed by atoms with Gasteiger partial charge in [0, 0.05) is 37.1 Å². The Bertz CT molecular complexity index is 1220. The molecule has 0 bridgehead atoms. The molecule has 0 saturated heterocycles. The summed E-state index contributed by atoms with van der Waals surface area (Å²) in [6.07, 6.45) is -0.174. The molecule has 3 aromatic carbocycles. The summed E-state index contributed by atoms with van der Waals surface area (Å²) in [6, 6.07) is 18.6. The molecule has 0 aliphatic carbocycles. The van der Waals surface area contributed by atoms with Crippen molar-refractivity contribution in [3.63, 3.8) is 0 Å². The first kappa shape index (κ1) is 26.8. The molecule has 182 valence electrons. The predicted molar refractivity (Wildman–Crippen MR) is 143 cm³/mol. The molecule has 0 spiro atoms. The van der Waals surface area contributed by atoms with Crippen molar-refractivity contribution < 1.29 is 19.1 Å². The van der Waals surface area contributed by atoms with E-state index in [0.717, 1.165) is 25.4 Å². The summed E-state index contributed by atoms with van der Waals surface area (Å²) in [4.78, 5) is 38.3. The lowest BCUT2D eigenvalue weighted by Crippen LogP contribution is -2.22. The zero-order valence-corrected chi connectivity index (χ0v) is 22.4. The van der Waals surface area contributed by atoms with Gasteiger partial charge >= 0.3 is 5.97 Å². The second-order valence-electron chi connectivity index (χ2n) is 7.68. The first-order valence-corrected chi connectivity index (χ1v) is 12.7. The average molecular weight is 576 g/mol. The van der Waals surface area contributed by atoms with Gasteiger partial charge in [-0.25, -0.2) is 0 Å². The zero-order valence-electron chi connectivity index (χ0n) is 19.2. The average Bonchev–Trinajstić information content (AvgIpc) is 2.84. The number of hydrogen-bond acceptors (Lipinski definition) is 5. The predicted octanol–water partition coefficient (Wildman–Crippen LogP) is 6.77. The van der Waals surface area contributed by atoms with Crippen LogP contribution in [0.25, 0.3) is 0 Å². The van der Waals surface area contributed by atoms with E-state index < -0.39 is 18.5 Å². The lowest BCUT2D eigenvalue weighted by Gasteiger charge is -2.12. The van der Waals surface area contributed by atoms with Crippen LogP contribution in [-0.4, -0.2) is 24.4 Å². The smallest absolute Gasteiger partial charge is 0.306 e. The SMILES string of the molecule is Cc1c(Br)ccc(NC(=O)COC(=O)CCC(=O)Nc2ccc(Sc3ccc(Cl)cc3)cc2)c1C. The fourth-order valence-electron chi connectivity index (χ4n) is 3.01. The van der Waals surface area contributed by atoms with Crippen LogP contribution in [0.5, 0.6) is 0 Å². The highest BCUT2D eigenvalue weighted by molar-refractivity contribution is 9.10. The van der Waals surface area contributed by atoms with Crippen LogP contribution in [0.2, 0.25) is 5.02 Å². The van der Waals surface area contributed by atoms with Crippen molar-refractivity contribution in [2.75, 3.05) is 17.2 Å². The van der Waals surface area contributed by atoms with E-state index in [1.807, 2.05) is 56.3 Å². The monoisotopic (exact) mass is 574 g/mol. The van der Waals surface area contributed by atoms with Gasteiger partial charge in [0.05, 0.1) is 6.42 Å². The number of ether oxygens (including phenoxy) is 1. The molecule has 0 aromatic heterocycles. The van der Waals surface area contributed by atoms with Gasteiger partial charge < -0.3 is 15.4 Å². The molecule has 0 aliphatic heterocycles. The third-order valence-electron chi connectivity index (χ3n) is 5.10. The number of carbonyl (C=O) groups is 3. The van der Waals surface area contributed by atoms with Crippen LogP contribution in [0.4, 0.5) is 11.4 Å². The molecule has 3 rings (SSSR count). The largest absolute Gasteiger partial charge is 0.456 e. The standard InChI is InChI=1S/C26H24BrClN2O4S/c1-16-17(2)23(12-11-22(16)27)30-25(32)15-34-26(33)14-13-24(31)29-19-5-9-21(10-6-19)35-20-7-3-18(28)4-8-20/h3-12H,13-15H2,1-2H3,(H,29,31)(H,30,32). The third kappa shape index (κ3) is 8.42. The van der Waals surface area contributed by atoms with Crippen LogP contribution in [0.1, 0.15) is 24.0 Å². The fraction of sp³-hybridized carbons (Fsp3) is 0.192. The number of carbonyl (C=O) groups excluding carboxylic acids is 3. The van der Waals surface area contributed by atoms with Crippen molar-refractivity contribution in [1.82, 2.24) is 0 Å². The second kappa shape index (κ2) is 12.8. The first-order valence-electron chi connectivity index (χ1n) is 10.8. The molecule has 0 saturated carbocycles. The molecular weight excluding hydrogens is 552 g/mol. The van der Waals surface area contributed by atoms with Gasteiger partial charge in [0.2, 0.25) is 5.91 Å². The molecule has 3 aromatic rings. The maximum absolute atomic E-state index is 12.2. The summed E-state index contributed by atoms with van der Waals surface area (Å²) < 4.78 is 5.95. The minimum absolute atomic E-state index is 0.0489. The van der Waals surface area contributed by atoms with Crippen LogP contribution < -0.4 is 10.6 Å². The number of esters is 1. The summed E-state index contributed by atoms with van der Waals surface area (Å²) in [5, 5.41) is 6.17. The van der Waals surface area contributed by atoms with Crippen LogP contribution in [0, 0.1) is 13.8 Å². The fourth-order valence-corrected chi connectivity index (χ4v) is 4.38. The number of rotatable bonds is 9. The van der Waals surface area contributed by atoms with Gasteiger partial charge in [0.25, 0.3) is 5.91 Å². The molecule has 9 heteroatoms. The summed E-state index contributed by atoms with van der Waals surface area (Å²) in [6.45, 7) is 3.42. The lowest BCUT2D eigenvalue weighted by atomic mass is 10.1. The van der Waals surface area contributed by atoms with E-state index in [2.05, 4.69) is 26.6 Å². The Labute approximate surface area is 221 Å². The highest BCUT2D eigenvalue weighted by atomic mass is 79.9. The van der Waals surface area contributed by atoms with E-state index in [-0.39, 0.29) is 18.7 Å². The van der Waals surface area contributed by atoms with Crippen molar-refractivity contribution in [2.24, 2.45) is 0 Å². The van der Waals surface area contributed by atoms with Crippen LogP contribution in [-0.2, 0) is 19.1 Å². The Morgan fingerprint density at radius 1 is 0.829 bits per heavy atom. The molecule has 0 aliphatic rings. The topological polar surface area (TPSA) is 84.5 Å². The summed E-state index contributed by atoms with van der Waals surface area (Å²) >= 11 is 10.9.